The van der Waals surface area contributed by atoms with Gasteiger partial charge in [-0.05, 0) is 55.6 Å². The summed E-state index contributed by atoms with van der Waals surface area (Å²) in [5.41, 5.74) is 3.13. The van der Waals surface area contributed by atoms with Crippen LogP contribution in [0.4, 0.5) is 0 Å². The van der Waals surface area contributed by atoms with Crippen LogP contribution in [0.25, 0.3) is 0 Å². The number of hydrogen-bond acceptors (Lipinski definition) is 2. The van der Waals surface area contributed by atoms with Gasteiger partial charge in [0.1, 0.15) is 5.60 Å². The standard InChI is InChI=1S/C16H23NO/c1-15(2,3)10-12-9-13-5-8-16(6-4-7-16)18-14(13)17-11-12/h9,11H,4-8,10H2,1-3H3. The maximum absolute atomic E-state index is 6.13. The highest BCUT2D eigenvalue weighted by Gasteiger charge is 2.42. The number of pyridine rings is 1. The normalized spacial score (nSPS) is 21.1. The average Bonchev–Trinajstić information content (AvgIpc) is 2.24. The Morgan fingerprint density at radius 3 is 2.67 bits per heavy atom. The van der Waals surface area contributed by atoms with Gasteiger partial charge in [0.2, 0.25) is 5.88 Å². The van der Waals surface area contributed by atoms with E-state index in [1.54, 1.807) is 0 Å². The molecule has 3 rings (SSSR count). The summed E-state index contributed by atoms with van der Waals surface area (Å²) in [7, 11) is 0. The highest BCUT2D eigenvalue weighted by atomic mass is 16.5. The number of aryl methyl sites for hydroxylation is 1. The fourth-order valence-electron chi connectivity index (χ4n) is 3.07. The first-order valence-electron chi connectivity index (χ1n) is 7.13. The summed E-state index contributed by atoms with van der Waals surface area (Å²) in [4.78, 5) is 4.56. The van der Waals surface area contributed by atoms with Gasteiger partial charge in [-0.3, -0.25) is 0 Å². The number of ether oxygens (including phenoxy) is 1. The Kier molecular flexibility index (Phi) is 2.65. The molecule has 1 aliphatic heterocycles. The SMILES string of the molecule is CC(C)(C)Cc1cnc2c(c1)CCC1(CCC1)O2. The molecule has 0 N–H and O–H groups in total. The summed E-state index contributed by atoms with van der Waals surface area (Å²) in [6, 6.07) is 2.30. The van der Waals surface area contributed by atoms with Gasteiger partial charge in [-0.15, -0.1) is 0 Å². The molecule has 1 fully saturated rings. The minimum Gasteiger partial charge on any atom is -0.471 e. The maximum Gasteiger partial charge on any atom is 0.217 e. The van der Waals surface area contributed by atoms with Crippen LogP contribution in [0.3, 0.4) is 0 Å². The van der Waals surface area contributed by atoms with Crippen molar-refractivity contribution in [3.05, 3.63) is 23.4 Å². The van der Waals surface area contributed by atoms with Crippen LogP contribution in [0.5, 0.6) is 5.88 Å². The fourth-order valence-corrected chi connectivity index (χ4v) is 3.07. The van der Waals surface area contributed by atoms with Crippen molar-refractivity contribution in [3.63, 3.8) is 0 Å². The topological polar surface area (TPSA) is 22.1 Å². The Labute approximate surface area is 110 Å². The largest absolute Gasteiger partial charge is 0.471 e. The smallest absolute Gasteiger partial charge is 0.217 e. The maximum atomic E-state index is 6.13. The molecule has 0 unspecified atom stereocenters. The van der Waals surface area contributed by atoms with Crippen LogP contribution in [0.2, 0.25) is 0 Å². The van der Waals surface area contributed by atoms with Crippen molar-refractivity contribution in [1.29, 1.82) is 0 Å². The van der Waals surface area contributed by atoms with Crippen LogP contribution in [-0.2, 0) is 12.8 Å². The number of rotatable bonds is 1. The lowest BCUT2D eigenvalue weighted by atomic mass is 9.75. The summed E-state index contributed by atoms with van der Waals surface area (Å²) < 4.78 is 6.13. The first-order valence-corrected chi connectivity index (χ1v) is 7.13. The molecule has 1 aromatic rings. The Hall–Kier alpha value is -1.05. The lowest BCUT2D eigenvalue weighted by Crippen LogP contribution is -2.46. The van der Waals surface area contributed by atoms with Crippen LogP contribution in [0, 0.1) is 5.41 Å². The highest BCUT2D eigenvalue weighted by molar-refractivity contribution is 5.33. The molecular formula is C16H23NO. The minimum atomic E-state index is 0.158. The van der Waals surface area contributed by atoms with Crippen molar-refractivity contribution in [1.82, 2.24) is 4.98 Å². The molecule has 0 saturated heterocycles. The van der Waals surface area contributed by atoms with Gasteiger partial charge in [-0.1, -0.05) is 20.8 Å². The summed E-state index contributed by atoms with van der Waals surface area (Å²) in [6.07, 6.45) is 9.16. The van der Waals surface area contributed by atoms with E-state index < -0.39 is 0 Å². The van der Waals surface area contributed by atoms with Crippen LogP contribution in [0.1, 0.15) is 57.6 Å². The van der Waals surface area contributed by atoms with Crippen molar-refractivity contribution in [2.75, 3.05) is 0 Å². The van der Waals surface area contributed by atoms with Gasteiger partial charge in [-0.25, -0.2) is 4.98 Å². The van der Waals surface area contributed by atoms with Gasteiger partial charge in [0, 0.05) is 11.8 Å². The molecule has 0 bridgehead atoms. The molecular weight excluding hydrogens is 222 g/mol. The summed E-state index contributed by atoms with van der Waals surface area (Å²) in [5, 5.41) is 0. The monoisotopic (exact) mass is 245 g/mol. The number of fused-ring (bicyclic) bond motifs is 1. The predicted octanol–water partition coefficient (Wildman–Crippen LogP) is 3.92. The van der Waals surface area contributed by atoms with Gasteiger partial charge >= 0.3 is 0 Å². The van der Waals surface area contributed by atoms with E-state index >= 15 is 0 Å². The van der Waals surface area contributed by atoms with Crippen molar-refractivity contribution in [2.24, 2.45) is 5.41 Å². The quantitative estimate of drug-likeness (QED) is 0.748. The molecule has 0 amide bonds. The zero-order chi connectivity index (χ0) is 12.8. The second-order valence-electron chi connectivity index (χ2n) is 7.18. The van der Waals surface area contributed by atoms with Crippen molar-refractivity contribution in [3.8, 4) is 5.88 Å². The van der Waals surface area contributed by atoms with Gasteiger partial charge in [0.05, 0.1) is 0 Å². The second kappa shape index (κ2) is 3.97. The van der Waals surface area contributed by atoms with Crippen molar-refractivity contribution >= 4 is 0 Å². The van der Waals surface area contributed by atoms with Crippen LogP contribution in [0.15, 0.2) is 12.3 Å². The van der Waals surface area contributed by atoms with Gasteiger partial charge < -0.3 is 4.74 Å². The third kappa shape index (κ3) is 2.25. The average molecular weight is 245 g/mol. The molecule has 0 aromatic carbocycles. The molecule has 2 nitrogen and oxygen atoms in total. The fraction of sp³-hybridized carbons (Fsp3) is 0.688. The molecule has 0 atom stereocenters. The van der Waals surface area contributed by atoms with Gasteiger partial charge in [-0.2, -0.15) is 0 Å². The van der Waals surface area contributed by atoms with E-state index in [0.717, 1.165) is 18.7 Å². The Morgan fingerprint density at radius 2 is 2.06 bits per heavy atom. The van der Waals surface area contributed by atoms with Gasteiger partial charge in [0.15, 0.2) is 0 Å². The molecule has 0 radical (unpaired) electrons. The van der Waals surface area contributed by atoms with Crippen LogP contribution < -0.4 is 4.74 Å². The summed E-state index contributed by atoms with van der Waals surface area (Å²) >= 11 is 0. The van der Waals surface area contributed by atoms with Crippen molar-refractivity contribution < 1.29 is 4.74 Å². The highest BCUT2D eigenvalue weighted by Crippen LogP contribution is 2.44. The Balaban J connectivity index is 1.80. The zero-order valence-corrected chi connectivity index (χ0v) is 11.8. The Morgan fingerprint density at radius 1 is 1.28 bits per heavy atom. The number of aromatic nitrogens is 1. The van der Waals surface area contributed by atoms with E-state index in [1.165, 1.54) is 36.8 Å². The second-order valence-corrected chi connectivity index (χ2v) is 7.18. The molecule has 1 aromatic heterocycles. The zero-order valence-electron chi connectivity index (χ0n) is 11.8. The molecule has 1 spiro atoms. The molecule has 18 heavy (non-hydrogen) atoms. The summed E-state index contributed by atoms with van der Waals surface area (Å²) in [6.45, 7) is 6.81. The summed E-state index contributed by atoms with van der Waals surface area (Å²) in [5.74, 6) is 0.901. The van der Waals surface area contributed by atoms with E-state index in [-0.39, 0.29) is 5.60 Å². The van der Waals surface area contributed by atoms with Crippen molar-refractivity contribution in [2.45, 2.75) is 64.9 Å². The lowest BCUT2D eigenvalue weighted by molar-refractivity contribution is -0.0290. The molecule has 2 heterocycles. The number of nitrogens with zero attached hydrogens (tertiary/aromatic N) is 1. The Bertz CT molecular complexity index is 455. The predicted molar refractivity (Wildman–Crippen MR) is 72.9 cm³/mol. The molecule has 2 heteroatoms. The first-order chi connectivity index (χ1) is 8.46. The number of hydrogen-bond donors (Lipinski definition) is 0. The molecule has 1 saturated carbocycles. The molecule has 1 aliphatic carbocycles. The third-order valence-electron chi connectivity index (χ3n) is 4.14. The van der Waals surface area contributed by atoms with E-state index in [1.807, 2.05) is 6.20 Å². The first kappa shape index (κ1) is 12.0. The van der Waals surface area contributed by atoms with Crippen LogP contribution >= 0.6 is 0 Å². The minimum absolute atomic E-state index is 0.158. The third-order valence-corrected chi connectivity index (χ3v) is 4.14. The molecule has 2 aliphatic rings. The van der Waals surface area contributed by atoms with E-state index in [0.29, 0.717) is 5.41 Å². The van der Waals surface area contributed by atoms with E-state index in [9.17, 15) is 0 Å². The van der Waals surface area contributed by atoms with E-state index in [2.05, 4.69) is 31.8 Å². The lowest BCUT2D eigenvalue weighted by Gasteiger charge is -2.44. The molecule has 98 valence electrons. The van der Waals surface area contributed by atoms with E-state index in [4.69, 9.17) is 4.74 Å². The van der Waals surface area contributed by atoms with Gasteiger partial charge in [0.25, 0.3) is 0 Å². The van der Waals surface area contributed by atoms with Crippen LogP contribution in [-0.4, -0.2) is 10.6 Å².